The van der Waals surface area contributed by atoms with Gasteiger partial charge in [-0.15, -0.1) is 11.3 Å². The lowest BCUT2D eigenvalue weighted by Crippen LogP contribution is -2.00. The van der Waals surface area contributed by atoms with Crippen LogP contribution in [-0.4, -0.2) is 15.1 Å². The van der Waals surface area contributed by atoms with E-state index in [1.165, 1.54) is 6.33 Å². The Morgan fingerprint density at radius 1 is 1.12 bits per heavy atom. The minimum Gasteiger partial charge on any atom is -0.383 e. The van der Waals surface area contributed by atoms with Gasteiger partial charge in [-0.05, 0) is 16.8 Å². The Kier molecular flexibility index (Phi) is 2.59. The van der Waals surface area contributed by atoms with Gasteiger partial charge in [-0.25, -0.2) is 9.97 Å². The summed E-state index contributed by atoms with van der Waals surface area (Å²) in [6.07, 6.45) is 4.08. The van der Waals surface area contributed by atoms with Crippen LogP contribution >= 0.6 is 11.3 Å². The highest BCUT2D eigenvalue weighted by Gasteiger charge is 2.14. The lowest BCUT2D eigenvalue weighted by atomic mass is 10.0. The molecular formula is C13H10N2OS. The molecule has 3 aromatic rings. The third-order valence-electron chi connectivity index (χ3n) is 2.70. The van der Waals surface area contributed by atoms with Crippen LogP contribution in [-0.2, 0) is 0 Å². The maximum Gasteiger partial charge on any atom is 0.115 e. The van der Waals surface area contributed by atoms with Gasteiger partial charge >= 0.3 is 0 Å². The number of rotatable bonds is 2. The summed E-state index contributed by atoms with van der Waals surface area (Å²) in [5.41, 5.74) is 1.63. The van der Waals surface area contributed by atoms with Crippen molar-refractivity contribution in [3.8, 4) is 0 Å². The number of aliphatic hydroxyl groups excluding tert-OH is 1. The standard InChI is InChI=1S/C13H10N2OS/c16-12(10-6-14-8-15-7-10)11-3-1-2-9-4-5-17-13(9)11/h1-8,12,16H. The van der Waals surface area contributed by atoms with E-state index < -0.39 is 6.10 Å². The van der Waals surface area contributed by atoms with Crippen LogP contribution in [0.25, 0.3) is 10.1 Å². The molecule has 4 heteroatoms. The summed E-state index contributed by atoms with van der Waals surface area (Å²) in [5.74, 6) is 0. The molecular weight excluding hydrogens is 232 g/mol. The topological polar surface area (TPSA) is 46.0 Å². The van der Waals surface area contributed by atoms with Gasteiger partial charge in [0.1, 0.15) is 12.4 Å². The monoisotopic (exact) mass is 242 g/mol. The van der Waals surface area contributed by atoms with Crippen LogP contribution in [0.4, 0.5) is 0 Å². The molecule has 1 N–H and O–H groups in total. The van der Waals surface area contributed by atoms with Crippen molar-refractivity contribution < 1.29 is 5.11 Å². The molecule has 2 aromatic heterocycles. The third kappa shape index (κ3) is 1.81. The molecule has 0 aliphatic heterocycles. The van der Waals surface area contributed by atoms with Crippen LogP contribution in [0.15, 0.2) is 48.4 Å². The summed E-state index contributed by atoms with van der Waals surface area (Å²) in [4.78, 5) is 7.86. The molecule has 0 bridgehead atoms. The Balaban J connectivity index is 2.13. The first-order valence-electron chi connectivity index (χ1n) is 5.25. The largest absolute Gasteiger partial charge is 0.383 e. The number of benzene rings is 1. The molecule has 1 unspecified atom stereocenters. The normalized spacial score (nSPS) is 12.8. The molecule has 0 aliphatic carbocycles. The maximum absolute atomic E-state index is 10.3. The zero-order valence-corrected chi connectivity index (χ0v) is 9.76. The zero-order chi connectivity index (χ0) is 11.7. The van der Waals surface area contributed by atoms with Gasteiger partial charge in [0.05, 0.1) is 0 Å². The van der Waals surface area contributed by atoms with Gasteiger partial charge in [0.25, 0.3) is 0 Å². The van der Waals surface area contributed by atoms with Crippen molar-refractivity contribution in [2.24, 2.45) is 0 Å². The number of fused-ring (bicyclic) bond motifs is 1. The predicted molar refractivity (Wildman–Crippen MR) is 67.9 cm³/mol. The van der Waals surface area contributed by atoms with E-state index in [9.17, 15) is 5.11 Å². The fourth-order valence-corrected chi connectivity index (χ4v) is 2.80. The van der Waals surface area contributed by atoms with E-state index in [4.69, 9.17) is 0 Å². The van der Waals surface area contributed by atoms with Gasteiger partial charge in [0.2, 0.25) is 0 Å². The molecule has 2 heterocycles. The first kappa shape index (κ1) is 10.4. The van der Waals surface area contributed by atoms with Crippen LogP contribution in [0, 0.1) is 0 Å². The molecule has 0 spiro atoms. The average Bonchev–Trinajstić information content (AvgIpc) is 2.87. The first-order chi connectivity index (χ1) is 8.36. The summed E-state index contributed by atoms with van der Waals surface area (Å²) < 4.78 is 1.11. The van der Waals surface area contributed by atoms with E-state index in [1.54, 1.807) is 23.7 Å². The second kappa shape index (κ2) is 4.24. The van der Waals surface area contributed by atoms with E-state index in [-0.39, 0.29) is 0 Å². The molecule has 0 amide bonds. The number of thiophene rings is 1. The van der Waals surface area contributed by atoms with E-state index in [1.807, 2.05) is 23.6 Å². The minimum atomic E-state index is -0.668. The summed E-state index contributed by atoms with van der Waals surface area (Å²) in [6.45, 7) is 0. The smallest absolute Gasteiger partial charge is 0.115 e. The quantitative estimate of drug-likeness (QED) is 0.751. The highest BCUT2D eigenvalue weighted by Crippen LogP contribution is 2.31. The Bertz CT molecular complexity index is 636. The van der Waals surface area contributed by atoms with E-state index in [2.05, 4.69) is 16.0 Å². The molecule has 0 saturated carbocycles. The molecule has 3 rings (SSSR count). The summed E-state index contributed by atoms with van der Waals surface area (Å²) in [5, 5.41) is 13.5. The fraction of sp³-hybridized carbons (Fsp3) is 0.0769. The number of aliphatic hydroxyl groups is 1. The average molecular weight is 242 g/mol. The van der Waals surface area contributed by atoms with Gasteiger partial charge in [0, 0.05) is 28.2 Å². The number of nitrogens with zero attached hydrogens (tertiary/aromatic N) is 2. The van der Waals surface area contributed by atoms with E-state index in [0.29, 0.717) is 5.56 Å². The van der Waals surface area contributed by atoms with E-state index in [0.717, 1.165) is 15.6 Å². The molecule has 3 nitrogen and oxygen atoms in total. The van der Waals surface area contributed by atoms with Crippen molar-refractivity contribution in [3.05, 3.63) is 59.5 Å². The highest BCUT2D eigenvalue weighted by atomic mass is 32.1. The van der Waals surface area contributed by atoms with Gasteiger partial charge < -0.3 is 5.11 Å². The van der Waals surface area contributed by atoms with Gasteiger partial charge in [-0.3, -0.25) is 0 Å². The lowest BCUT2D eigenvalue weighted by Gasteiger charge is -2.11. The Hall–Kier alpha value is -1.78. The number of aromatic nitrogens is 2. The Labute approximate surface area is 102 Å². The van der Waals surface area contributed by atoms with Crippen molar-refractivity contribution in [2.45, 2.75) is 6.10 Å². The Morgan fingerprint density at radius 3 is 2.76 bits per heavy atom. The van der Waals surface area contributed by atoms with Crippen LogP contribution in [0.2, 0.25) is 0 Å². The van der Waals surface area contributed by atoms with Crippen molar-refractivity contribution in [3.63, 3.8) is 0 Å². The second-order valence-corrected chi connectivity index (χ2v) is 4.68. The summed E-state index contributed by atoms with van der Waals surface area (Å²) >= 11 is 1.64. The molecule has 17 heavy (non-hydrogen) atoms. The lowest BCUT2D eigenvalue weighted by molar-refractivity contribution is 0.221. The highest BCUT2D eigenvalue weighted by molar-refractivity contribution is 7.17. The summed E-state index contributed by atoms with van der Waals surface area (Å²) in [6, 6.07) is 8.00. The number of hydrogen-bond donors (Lipinski definition) is 1. The SMILES string of the molecule is OC(c1cncnc1)c1cccc2ccsc12. The molecule has 0 saturated heterocycles. The third-order valence-corrected chi connectivity index (χ3v) is 3.68. The Morgan fingerprint density at radius 2 is 1.94 bits per heavy atom. The first-order valence-corrected chi connectivity index (χ1v) is 6.13. The van der Waals surface area contributed by atoms with Crippen LogP contribution in [0.3, 0.4) is 0 Å². The minimum absolute atomic E-state index is 0.668. The fourth-order valence-electron chi connectivity index (χ4n) is 1.86. The van der Waals surface area contributed by atoms with Crippen LogP contribution in [0.1, 0.15) is 17.2 Å². The molecule has 0 fully saturated rings. The van der Waals surface area contributed by atoms with Crippen molar-refractivity contribution in [1.29, 1.82) is 0 Å². The van der Waals surface area contributed by atoms with Crippen molar-refractivity contribution in [1.82, 2.24) is 9.97 Å². The summed E-state index contributed by atoms with van der Waals surface area (Å²) in [7, 11) is 0. The predicted octanol–water partition coefficient (Wildman–Crippen LogP) is 2.77. The molecule has 0 radical (unpaired) electrons. The maximum atomic E-state index is 10.3. The van der Waals surface area contributed by atoms with Crippen molar-refractivity contribution in [2.75, 3.05) is 0 Å². The number of hydrogen-bond acceptors (Lipinski definition) is 4. The molecule has 84 valence electrons. The van der Waals surface area contributed by atoms with Gasteiger partial charge in [-0.1, -0.05) is 18.2 Å². The van der Waals surface area contributed by atoms with E-state index >= 15 is 0 Å². The van der Waals surface area contributed by atoms with Gasteiger partial charge in [-0.2, -0.15) is 0 Å². The zero-order valence-electron chi connectivity index (χ0n) is 8.95. The molecule has 0 aliphatic rings. The molecule has 1 atom stereocenters. The van der Waals surface area contributed by atoms with Crippen LogP contribution in [0.5, 0.6) is 0 Å². The van der Waals surface area contributed by atoms with Crippen LogP contribution < -0.4 is 0 Å². The van der Waals surface area contributed by atoms with Gasteiger partial charge in [0.15, 0.2) is 0 Å². The van der Waals surface area contributed by atoms with Crippen molar-refractivity contribution >= 4 is 21.4 Å². The second-order valence-electron chi connectivity index (χ2n) is 3.76. The molecule has 1 aromatic carbocycles.